The first-order valence-electron chi connectivity index (χ1n) is 5.80. The fourth-order valence-electron chi connectivity index (χ4n) is 1.46. The molecule has 0 aliphatic rings. The molecule has 6 heteroatoms. The fourth-order valence-corrected chi connectivity index (χ4v) is 1.46. The van der Waals surface area contributed by atoms with Crippen molar-refractivity contribution in [3.05, 3.63) is 34.2 Å². The summed E-state index contributed by atoms with van der Waals surface area (Å²) in [6.07, 6.45) is 3.28. The summed E-state index contributed by atoms with van der Waals surface area (Å²) >= 11 is 0. The van der Waals surface area contributed by atoms with E-state index < -0.39 is 5.91 Å². The van der Waals surface area contributed by atoms with Crippen LogP contribution in [-0.2, 0) is 16.0 Å². The van der Waals surface area contributed by atoms with Crippen LogP contribution in [0.25, 0.3) is 0 Å². The van der Waals surface area contributed by atoms with Gasteiger partial charge in [0.1, 0.15) is 0 Å². The number of hydrogen-bond acceptors (Lipinski definition) is 3. The first kappa shape index (κ1) is 14.0. The van der Waals surface area contributed by atoms with Crippen LogP contribution in [0.15, 0.2) is 23.1 Å². The van der Waals surface area contributed by atoms with E-state index in [0.29, 0.717) is 25.8 Å². The van der Waals surface area contributed by atoms with Crippen LogP contribution in [0.4, 0.5) is 0 Å². The second kappa shape index (κ2) is 7.26. The fraction of sp³-hybridized carbons (Fsp3) is 0.417. The van der Waals surface area contributed by atoms with Gasteiger partial charge < -0.3 is 16.0 Å². The highest BCUT2D eigenvalue weighted by atomic mass is 16.2. The Labute approximate surface area is 105 Å². The summed E-state index contributed by atoms with van der Waals surface area (Å²) in [5.74, 6) is -0.489. The first-order valence-corrected chi connectivity index (χ1v) is 5.80. The molecule has 1 rings (SSSR count). The number of H-pyrrole nitrogens is 1. The predicted molar refractivity (Wildman–Crippen MR) is 66.8 cm³/mol. The minimum absolute atomic E-state index is 0.0966. The molecule has 18 heavy (non-hydrogen) atoms. The van der Waals surface area contributed by atoms with Crippen molar-refractivity contribution in [1.29, 1.82) is 0 Å². The Morgan fingerprint density at radius 2 is 2.06 bits per heavy atom. The number of rotatable bonds is 7. The van der Waals surface area contributed by atoms with E-state index in [1.807, 2.05) is 0 Å². The van der Waals surface area contributed by atoms with Gasteiger partial charge in [-0.2, -0.15) is 0 Å². The highest BCUT2D eigenvalue weighted by molar-refractivity contribution is 5.77. The second-order valence-corrected chi connectivity index (χ2v) is 3.98. The number of primary amides is 1. The summed E-state index contributed by atoms with van der Waals surface area (Å²) in [4.78, 5) is 35.2. The van der Waals surface area contributed by atoms with Crippen LogP contribution in [0.2, 0.25) is 0 Å². The molecule has 0 spiro atoms. The van der Waals surface area contributed by atoms with Crippen LogP contribution < -0.4 is 16.6 Å². The topological polar surface area (TPSA) is 105 Å². The van der Waals surface area contributed by atoms with Gasteiger partial charge in [-0.15, -0.1) is 0 Å². The Balaban J connectivity index is 2.17. The van der Waals surface area contributed by atoms with E-state index in [-0.39, 0.29) is 17.9 Å². The Morgan fingerprint density at radius 1 is 1.28 bits per heavy atom. The van der Waals surface area contributed by atoms with Gasteiger partial charge in [-0.25, -0.2) is 0 Å². The molecule has 0 aliphatic carbocycles. The highest BCUT2D eigenvalue weighted by Gasteiger charge is 2.02. The van der Waals surface area contributed by atoms with Gasteiger partial charge in [0, 0.05) is 31.6 Å². The summed E-state index contributed by atoms with van der Waals surface area (Å²) in [5, 5.41) is 2.74. The SMILES string of the molecule is NC(=O)CCCC(=O)NCCc1ccc(=O)[nH]c1. The molecule has 0 saturated heterocycles. The van der Waals surface area contributed by atoms with Crippen molar-refractivity contribution in [3.63, 3.8) is 0 Å². The molecule has 98 valence electrons. The largest absolute Gasteiger partial charge is 0.370 e. The van der Waals surface area contributed by atoms with Crippen molar-refractivity contribution in [3.8, 4) is 0 Å². The lowest BCUT2D eigenvalue weighted by molar-refractivity contribution is -0.121. The van der Waals surface area contributed by atoms with Crippen LogP contribution in [-0.4, -0.2) is 23.3 Å². The number of carbonyl (C=O) groups excluding carboxylic acids is 2. The molecule has 4 N–H and O–H groups in total. The number of hydrogen-bond donors (Lipinski definition) is 3. The molecular weight excluding hydrogens is 234 g/mol. The number of nitrogens with one attached hydrogen (secondary N) is 2. The third-order valence-corrected chi connectivity index (χ3v) is 2.41. The predicted octanol–water partition coefficient (Wildman–Crippen LogP) is -0.311. The van der Waals surface area contributed by atoms with Gasteiger partial charge in [-0.05, 0) is 18.4 Å². The third kappa shape index (κ3) is 5.83. The van der Waals surface area contributed by atoms with Crippen LogP contribution in [0, 0.1) is 0 Å². The van der Waals surface area contributed by atoms with Crippen LogP contribution in [0.1, 0.15) is 24.8 Å². The highest BCUT2D eigenvalue weighted by Crippen LogP contribution is 1.96. The number of nitrogens with two attached hydrogens (primary N) is 1. The molecule has 2 amide bonds. The zero-order valence-electron chi connectivity index (χ0n) is 10.1. The normalized spacial score (nSPS) is 10.0. The van der Waals surface area contributed by atoms with E-state index in [1.165, 1.54) is 6.07 Å². The molecule has 0 aliphatic heterocycles. The molecule has 1 aromatic rings. The molecule has 0 unspecified atom stereocenters. The van der Waals surface area contributed by atoms with Gasteiger partial charge in [0.25, 0.3) is 0 Å². The van der Waals surface area contributed by atoms with Gasteiger partial charge in [0.15, 0.2) is 0 Å². The molecule has 0 radical (unpaired) electrons. The van der Waals surface area contributed by atoms with Crippen molar-refractivity contribution in [2.75, 3.05) is 6.54 Å². The number of aromatic amines is 1. The van der Waals surface area contributed by atoms with E-state index in [2.05, 4.69) is 10.3 Å². The number of carbonyl (C=O) groups is 2. The summed E-state index contributed by atoms with van der Waals surface area (Å²) < 4.78 is 0. The van der Waals surface area contributed by atoms with Crippen LogP contribution in [0.5, 0.6) is 0 Å². The van der Waals surface area contributed by atoms with E-state index in [9.17, 15) is 14.4 Å². The van der Waals surface area contributed by atoms with Crippen molar-refractivity contribution >= 4 is 11.8 Å². The third-order valence-electron chi connectivity index (χ3n) is 2.41. The lowest BCUT2D eigenvalue weighted by atomic mass is 10.2. The average molecular weight is 251 g/mol. The molecule has 0 bridgehead atoms. The molecule has 1 aromatic heterocycles. The Bertz CT molecular complexity index is 447. The standard InChI is InChI=1S/C12H17N3O3/c13-10(16)2-1-3-11(17)14-7-6-9-4-5-12(18)15-8-9/h4-5,8H,1-3,6-7H2,(H2,13,16)(H,14,17)(H,15,18). The lowest BCUT2D eigenvalue weighted by Crippen LogP contribution is -2.26. The maximum Gasteiger partial charge on any atom is 0.247 e. The minimum Gasteiger partial charge on any atom is -0.370 e. The quantitative estimate of drug-likeness (QED) is 0.619. The van der Waals surface area contributed by atoms with E-state index in [1.54, 1.807) is 12.3 Å². The van der Waals surface area contributed by atoms with Crippen molar-refractivity contribution in [1.82, 2.24) is 10.3 Å². The maximum atomic E-state index is 11.3. The van der Waals surface area contributed by atoms with Gasteiger partial charge in [0.05, 0.1) is 0 Å². The number of aromatic nitrogens is 1. The summed E-state index contributed by atoms with van der Waals surface area (Å²) in [6.45, 7) is 0.501. The molecular formula is C12H17N3O3. The first-order chi connectivity index (χ1) is 8.58. The van der Waals surface area contributed by atoms with Gasteiger partial charge in [-0.1, -0.05) is 6.07 Å². The van der Waals surface area contributed by atoms with Gasteiger partial charge >= 0.3 is 0 Å². The number of amides is 2. The Kier molecular flexibility index (Phi) is 5.63. The lowest BCUT2D eigenvalue weighted by Gasteiger charge is -2.04. The molecule has 0 atom stereocenters. The van der Waals surface area contributed by atoms with Crippen LogP contribution in [0.3, 0.4) is 0 Å². The summed E-state index contributed by atoms with van der Waals surface area (Å²) in [6, 6.07) is 3.17. The van der Waals surface area contributed by atoms with Crippen LogP contribution >= 0.6 is 0 Å². The Morgan fingerprint density at radius 3 is 2.67 bits per heavy atom. The minimum atomic E-state index is -0.393. The van der Waals surface area contributed by atoms with Crippen molar-refractivity contribution < 1.29 is 9.59 Å². The Hall–Kier alpha value is -2.11. The molecule has 0 aromatic carbocycles. The summed E-state index contributed by atoms with van der Waals surface area (Å²) in [7, 11) is 0. The monoisotopic (exact) mass is 251 g/mol. The summed E-state index contributed by atoms with van der Waals surface area (Å²) in [5.41, 5.74) is 5.77. The number of pyridine rings is 1. The van der Waals surface area contributed by atoms with Crippen molar-refractivity contribution in [2.24, 2.45) is 5.73 Å². The van der Waals surface area contributed by atoms with Crippen molar-refractivity contribution in [2.45, 2.75) is 25.7 Å². The maximum absolute atomic E-state index is 11.3. The van der Waals surface area contributed by atoms with Gasteiger partial charge in [0.2, 0.25) is 17.4 Å². The smallest absolute Gasteiger partial charge is 0.247 e. The van der Waals surface area contributed by atoms with E-state index in [4.69, 9.17) is 5.73 Å². The second-order valence-electron chi connectivity index (χ2n) is 3.98. The molecule has 6 nitrogen and oxygen atoms in total. The van der Waals surface area contributed by atoms with Gasteiger partial charge in [-0.3, -0.25) is 14.4 Å². The molecule has 0 saturated carbocycles. The zero-order valence-corrected chi connectivity index (χ0v) is 10.1. The zero-order chi connectivity index (χ0) is 13.4. The molecule has 0 fully saturated rings. The van der Waals surface area contributed by atoms with E-state index >= 15 is 0 Å². The average Bonchev–Trinajstić information content (AvgIpc) is 2.31. The van der Waals surface area contributed by atoms with E-state index in [0.717, 1.165) is 5.56 Å². The molecule has 1 heterocycles.